The van der Waals surface area contributed by atoms with Crippen molar-refractivity contribution < 1.29 is 22.3 Å². The Morgan fingerprint density at radius 3 is 2.64 bits per heavy atom. The number of hydrogen-bond acceptors (Lipinski definition) is 8. The van der Waals surface area contributed by atoms with Gasteiger partial charge in [-0.1, -0.05) is 11.6 Å². The maximum Gasteiger partial charge on any atom is 0.300 e. The lowest BCUT2D eigenvalue weighted by Gasteiger charge is -2.27. The quantitative estimate of drug-likeness (QED) is 0.373. The van der Waals surface area contributed by atoms with Crippen LogP contribution in [-0.4, -0.2) is 49.1 Å². The summed E-state index contributed by atoms with van der Waals surface area (Å²) >= 11 is 5.95. The second kappa shape index (κ2) is 9.37. The van der Waals surface area contributed by atoms with Gasteiger partial charge in [-0.2, -0.15) is 0 Å². The van der Waals surface area contributed by atoms with E-state index in [4.69, 9.17) is 21.1 Å². The minimum atomic E-state index is -4.20. The zero-order valence-corrected chi connectivity index (χ0v) is 20.3. The van der Waals surface area contributed by atoms with Crippen LogP contribution in [0.2, 0.25) is 5.02 Å². The molecule has 2 N–H and O–H groups in total. The predicted molar refractivity (Wildman–Crippen MR) is 131 cm³/mol. The summed E-state index contributed by atoms with van der Waals surface area (Å²) in [7, 11) is -2.87. The molecule has 0 atom stereocenters. The number of nitrogens with zero attached hydrogens (tertiary/aromatic N) is 3. The van der Waals surface area contributed by atoms with Crippen molar-refractivity contribution in [1.82, 2.24) is 19.7 Å². The van der Waals surface area contributed by atoms with E-state index in [1.807, 2.05) is 0 Å². The number of sulfonamides is 1. The molecular formula is C23H19ClFN5O5S. The van der Waals surface area contributed by atoms with Crippen molar-refractivity contribution in [3.63, 3.8) is 0 Å². The van der Waals surface area contributed by atoms with Crippen LogP contribution < -0.4 is 25.1 Å². The highest BCUT2D eigenvalue weighted by Crippen LogP contribution is 2.31. The molecule has 13 heteroatoms. The molecule has 0 bridgehead atoms. The standard InChI is InChI=1S/C23H19ClFN5O5S/c1-34-22-18(29-36(32,33)20-4-3-15(25)7-17(20)24)6-14(8-28-22)13-2-5-21-27-11-19(23(31)30(21)12-13)35-16-9-26-10-16/h2-8,11-12,16,26,29H,9-10H2,1H3. The molecule has 0 saturated carbocycles. The fraction of sp³-hybridized carbons (Fsp3) is 0.174. The first-order valence-electron chi connectivity index (χ1n) is 10.7. The number of hydrogen-bond donors (Lipinski definition) is 2. The largest absolute Gasteiger partial charge is 0.481 e. The van der Waals surface area contributed by atoms with E-state index in [1.165, 1.54) is 30.0 Å². The maximum atomic E-state index is 13.4. The molecular weight excluding hydrogens is 513 g/mol. The van der Waals surface area contributed by atoms with Crippen LogP contribution in [0.5, 0.6) is 11.6 Å². The molecule has 1 aliphatic heterocycles. The molecule has 186 valence electrons. The summed E-state index contributed by atoms with van der Waals surface area (Å²) in [5, 5.41) is 2.80. The lowest BCUT2D eigenvalue weighted by molar-refractivity contribution is 0.139. The highest BCUT2D eigenvalue weighted by Gasteiger charge is 2.22. The number of ether oxygens (including phenoxy) is 2. The van der Waals surface area contributed by atoms with E-state index in [0.717, 1.165) is 18.2 Å². The number of aromatic nitrogens is 3. The molecule has 4 aromatic rings. The van der Waals surface area contributed by atoms with Gasteiger partial charge in [-0.25, -0.2) is 22.8 Å². The number of anilines is 1. The molecule has 1 aromatic carbocycles. The smallest absolute Gasteiger partial charge is 0.300 e. The lowest BCUT2D eigenvalue weighted by Crippen LogP contribution is -2.51. The molecule has 1 fully saturated rings. The zero-order chi connectivity index (χ0) is 25.4. The number of rotatable bonds is 7. The second-order valence-electron chi connectivity index (χ2n) is 7.93. The van der Waals surface area contributed by atoms with Crippen LogP contribution in [0, 0.1) is 5.82 Å². The van der Waals surface area contributed by atoms with Gasteiger partial charge in [0.15, 0.2) is 0 Å². The van der Waals surface area contributed by atoms with E-state index in [-0.39, 0.29) is 38.9 Å². The second-order valence-corrected chi connectivity index (χ2v) is 9.99. The van der Waals surface area contributed by atoms with Gasteiger partial charge in [-0.05, 0) is 36.4 Å². The summed E-state index contributed by atoms with van der Waals surface area (Å²) in [4.78, 5) is 21.1. The summed E-state index contributed by atoms with van der Waals surface area (Å²) in [6, 6.07) is 7.83. The molecule has 1 saturated heterocycles. The Balaban J connectivity index is 1.52. The molecule has 4 heterocycles. The van der Waals surface area contributed by atoms with Crippen LogP contribution in [-0.2, 0) is 10.0 Å². The van der Waals surface area contributed by atoms with Gasteiger partial charge >= 0.3 is 0 Å². The molecule has 5 rings (SSSR count). The first-order chi connectivity index (χ1) is 17.2. The van der Waals surface area contributed by atoms with Gasteiger partial charge in [0.05, 0.1) is 18.3 Å². The van der Waals surface area contributed by atoms with Gasteiger partial charge in [0.1, 0.15) is 28.2 Å². The molecule has 1 aliphatic rings. The average Bonchev–Trinajstić information content (AvgIpc) is 2.82. The van der Waals surface area contributed by atoms with Crippen LogP contribution in [0.25, 0.3) is 16.8 Å². The molecule has 0 amide bonds. The Morgan fingerprint density at radius 1 is 1.14 bits per heavy atom. The fourth-order valence-electron chi connectivity index (χ4n) is 3.57. The van der Waals surface area contributed by atoms with Crippen molar-refractivity contribution in [1.29, 1.82) is 0 Å². The van der Waals surface area contributed by atoms with Crippen LogP contribution >= 0.6 is 11.6 Å². The van der Waals surface area contributed by atoms with Gasteiger partial charge in [-0.3, -0.25) is 13.9 Å². The number of halogens is 2. The predicted octanol–water partition coefficient (Wildman–Crippen LogP) is 2.71. The summed E-state index contributed by atoms with van der Waals surface area (Å²) in [5.74, 6) is -0.530. The summed E-state index contributed by atoms with van der Waals surface area (Å²) in [6.45, 7) is 1.31. The Labute approximate surface area is 209 Å². The highest BCUT2D eigenvalue weighted by molar-refractivity contribution is 7.92. The Bertz CT molecular complexity index is 1640. The van der Waals surface area contributed by atoms with Gasteiger partial charge < -0.3 is 14.8 Å². The van der Waals surface area contributed by atoms with Crippen LogP contribution in [0.4, 0.5) is 10.1 Å². The third-order valence-electron chi connectivity index (χ3n) is 5.51. The maximum absolute atomic E-state index is 13.4. The van der Waals surface area contributed by atoms with E-state index in [0.29, 0.717) is 29.9 Å². The fourth-order valence-corrected chi connectivity index (χ4v) is 5.16. The van der Waals surface area contributed by atoms with Crippen LogP contribution in [0.1, 0.15) is 0 Å². The van der Waals surface area contributed by atoms with Crippen molar-refractivity contribution in [2.24, 2.45) is 0 Å². The van der Waals surface area contributed by atoms with Crippen molar-refractivity contribution >= 4 is 33.0 Å². The van der Waals surface area contributed by atoms with Gasteiger partial charge in [-0.15, -0.1) is 0 Å². The van der Waals surface area contributed by atoms with Gasteiger partial charge in [0.25, 0.3) is 15.6 Å². The van der Waals surface area contributed by atoms with Crippen molar-refractivity contribution in [2.45, 2.75) is 11.0 Å². The number of fused-ring (bicyclic) bond motifs is 1. The molecule has 0 radical (unpaired) electrons. The first-order valence-corrected chi connectivity index (χ1v) is 12.5. The first kappa shape index (κ1) is 24.0. The average molecular weight is 532 g/mol. The topological polar surface area (TPSA) is 124 Å². The Hall–Kier alpha value is -3.74. The third kappa shape index (κ3) is 4.57. The summed E-state index contributed by atoms with van der Waals surface area (Å²) in [5.41, 5.74) is 1.11. The Morgan fingerprint density at radius 2 is 1.94 bits per heavy atom. The van der Waals surface area contributed by atoms with Crippen LogP contribution in [0.3, 0.4) is 0 Å². The molecule has 3 aromatic heterocycles. The summed E-state index contributed by atoms with van der Waals surface area (Å²) in [6.07, 6.45) is 4.35. The summed E-state index contributed by atoms with van der Waals surface area (Å²) < 4.78 is 53.9. The van der Waals surface area contributed by atoms with E-state index in [2.05, 4.69) is 20.0 Å². The van der Waals surface area contributed by atoms with E-state index in [9.17, 15) is 17.6 Å². The van der Waals surface area contributed by atoms with E-state index < -0.39 is 15.8 Å². The number of pyridine rings is 2. The SMILES string of the molecule is COc1ncc(-c2ccc3ncc(OC4CNC4)c(=O)n3c2)cc1NS(=O)(=O)c1ccc(F)cc1Cl. The van der Waals surface area contributed by atoms with Crippen molar-refractivity contribution in [3.05, 3.63) is 76.2 Å². The van der Waals surface area contributed by atoms with Gasteiger partial charge in [0.2, 0.25) is 11.6 Å². The van der Waals surface area contributed by atoms with E-state index >= 15 is 0 Å². The minimum Gasteiger partial charge on any atom is -0.481 e. The molecule has 36 heavy (non-hydrogen) atoms. The highest BCUT2D eigenvalue weighted by atomic mass is 35.5. The van der Waals surface area contributed by atoms with Crippen LogP contribution in [0.15, 0.2) is 64.7 Å². The lowest BCUT2D eigenvalue weighted by atomic mass is 10.1. The third-order valence-corrected chi connectivity index (χ3v) is 7.36. The van der Waals surface area contributed by atoms with Crippen molar-refractivity contribution in [3.8, 4) is 22.8 Å². The molecule has 10 nitrogen and oxygen atoms in total. The van der Waals surface area contributed by atoms with Gasteiger partial charge in [0, 0.05) is 36.6 Å². The van der Waals surface area contributed by atoms with Crippen molar-refractivity contribution in [2.75, 3.05) is 24.9 Å². The monoisotopic (exact) mass is 531 g/mol. The molecule has 0 aliphatic carbocycles. The van der Waals surface area contributed by atoms with E-state index in [1.54, 1.807) is 18.3 Å². The number of methoxy groups -OCH3 is 1. The number of benzene rings is 1. The molecule has 0 unspecified atom stereocenters. The Kier molecular flexibility index (Phi) is 6.24. The zero-order valence-electron chi connectivity index (χ0n) is 18.7. The number of nitrogens with one attached hydrogen (secondary N) is 2. The minimum absolute atomic E-state index is 0.00461. The molecule has 0 spiro atoms. The normalized spacial score (nSPS) is 13.9.